The summed E-state index contributed by atoms with van der Waals surface area (Å²) in [6, 6.07) is 10.9. The second kappa shape index (κ2) is 7.86. The minimum absolute atomic E-state index is 0.163. The number of rotatable bonds is 6. The van der Waals surface area contributed by atoms with Gasteiger partial charge in [-0.05, 0) is 49.7 Å². The van der Waals surface area contributed by atoms with Crippen molar-refractivity contribution in [3.05, 3.63) is 54.1 Å². The minimum atomic E-state index is -0.593. The Morgan fingerprint density at radius 2 is 2.04 bits per heavy atom. The Balaban J connectivity index is 1.52. The lowest BCUT2D eigenvalue weighted by Gasteiger charge is -2.25. The molecule has 1 N–H and O–H groups in total. The van der Waals surface area contributed by atoms with Gasteiger partial charge in [0.25, 0.3) is 0 Å². The van der Waals surface area contributed by atoms with Crippen LogP contribution in [0.5, 0.6) is 5.75 Å². The molecule has 124 valence electrons. The SMILES string of the molecule is N#Cc1ccc(OCC(O)CN2CCCC2c2ncccn2)cc1. The third-order valence-electron chi connectivity index (χ3n) is 4.12. The van der Waals surface area contributed by atoms with E-state index in [0.717, 1.165) is 25.2 Å². The second-order valence-corrected chi connectivity index (χ2v) is 5.86. The summed E-state index contributed by atoms with van der Waals surface area (Å²) in [4.78, 5) is 10.9. The summed E-state index contributed by atoms with van der Waals surface area (Å²) in [5.41, 5.74) is 0.589. The predicted molar refractivity (Wildman–Crippen MR) is 88.2 cm³/mol. The van der Waals surface area contributed by atoms with Crippen molar-refractivity contribution >= 4 is 0 Å². The molecule has 1 aliphatic heterocycles. The lowest BCUT2D eigenvalue weighted by molar-refractivity contribution is 0.0627. The van der Waals surface area contributed by atoms with Crippen molar-refractivity contribution in [3.8, 4) is 11.8 Å². The monoisotopic (exact) mass is 324 g/mol. The van der Waals surface area contributed by atoms with Gasteiger partial charge < -0.3 is 9.84 Å². The molecule has 1 fully saturated rings. The Labute approximate surface area is 141 Å². The van der Waals surface area contributed by atoms with E-state index in [4.69, 9.17) is 10.00 Å². The molecule has 2 unspecified atom stereocenters. The fourth-order valence-corrected chi connectivity index (χ4v) is 2.96. The molecule has 6 heteroatoms. The van der Waals surface area contributed by atoms with Crippen LogP contribution in [0.2, 0.25) is 0 Å². The van der Waals surface area contributed by atoms with E-state index >= 15 is 0 Å². The fraction of sp³-hybridized carbons (Fsp3) is 0.389. The van der Waals surface area contributed by atoms with E-state index in [0.29, 0.717) is 17.9 Å². The summed E-state index contributed by atoms with van der Waals surface area (Å²) in [6.45, 7) is 1.67. The van der Waals surface area contributed by atoms with E-state index in [1.165, 1.54) is 0 Å². The van der Waals surface area contributed by atoms with Crippen molar-refractivity contribution in [3.63, 3.8) is 0 Å². The molecule has 0 aliphatic carbocycles. The highest BCUT2D eigenvalue weighted by atomic mass is 16.5. The zero-order valence-corrected chi connectivity index (χ0v) is 13.4. The van der Waals surface area contributed by atoms with Crippen LogP contribution in [-0.4, -0.2) is 45.8 Å². The quantitative estimate of drug-likeness (QED) is 0.874. The standard InChI is InChI=1S/C18H20N4O2/c19-11-14-4-6-16(7-5-14)24-13-15(23)12-22-10-1-3-17(22)18-20-8-2-9-21-18/h2,4-9,15,17,23H,1,3,10,12-13H2. The Hall–Kier alpha value is -2.49. The molecule has 0 bridgehead atoms. The molecule has 2 heterocycles. The molecule has 6 nitrogen and oxygen atoms in total. The molecule has 2 atom stereocenters. The van der Waals surface area contributed by atoms with Crippen molar-refractivity contribution in [2.75, 3.05) is 19.7 Å². The Morgan fingerprint density at radius 3 is 2.75 bits per heavy atom. The van der Waals surface area contributed by atoms with Crippen molar-refractivity contribution in [2.45, 2.75) is 25.0 Å². The topological polar surface area (TPSA) is 82.3 Å². The summed E-state index contributed by atoms with van der Waals surface area (Å²) >= 11 is 0. The normalized spacial score (nSPS) is 18.9. The number of β-amino-alcohol motifs (C(OH)–C–C–N with tert-alkyl or cyclic N) is 1. The van der Waals surface area contributed by atoms with E-state index in [-0.39, 0.29) is 12.6 Å². The van der Waals surface area contributed by atoms with Crippen LogP contribution in [0.3, 0.4) is 0 Å². The highest BCUT2D eigenvalue weighted by Gasteiger charge is 2.29. The van der Waals surface area contributed by atoms with E-state index < -0.39 is 6.10 Å². The number of likely N-dealkylation sites (tertiary alicyclic amines) is 1. The Morgan fingerprint density at radius 1 is 1.29 bits per heavy atom. The van der Waals surface area contributed by atoms with Crippen LogP contribution < -0.4 is 4.74 Å². The minimum Gasteiger partial charge on any atom is -0.491 e. The maximum absolute atomic E-state index is 10.3. The predicted octanol–water partition coefficient (Wildman–Crippen LogP) is 1.93. The van der Waals surface area contributed by atoms with Crippen LogP contribution >= 0.6 is 0 Å². The number of aromatic nitrogens is 2. The third-order valence-corrected chi connectivity index (χ3v) is 4.12. The van der Waals surface area contributed by atoms with Gasteiger partial charge in [-0.15, -0.1) is 0 Å². The van der Waals surface area contributed by atoms with Crippen LogP contribution in [0.4, 0.5) is 0 Å². The molecule has 0 saturated carbocycles. The Bertz CT molecular complexity index is 684. The van der Waals surface area contributed by atoms with Crippen LogP contribution in [0.1, 0.15) is 30.3 Å². The Kier molecular flexibility index (Phi) is 5.36. The smallest absolute Gasteiger partial charge is 0.145 e. The van der Waals surface area contributed by atoms with E-state index in [9.17, 15) is 5.11 Å². The summed E-state index contributed by atoms with van der Waals surface area (Å²) in [7, 11) is 0. The zero-order chi connectivity index (χ0) is 16.8. The van der Waals surface area contributed by atoms with Crippen LogP contribution in [0.15, 0.2) is 42.7 Å². The molecule has 0 radical (unpaired) electrons. The first-order valence-corrected chi connectivity index (χ1v) is 8.08. The molecular weight excluding hydrogens is 304 g/mol. The maximum Gasteiger partial charge on any atom is 0.145 e. The fourth-order valence-electron chi connectivity index (χ4n) is 2.96. The van der Waals surface area contributed by atoms with Gasteiger partial charge in [-0.3, -0.25) is 4.90 Å². The summed E-state index contributed by atoms with van der Waals surface area (Å²) in [5, 5.41) is 19.1. The van der Waals surface area contributed by atoms with E-state index in [1.54, 1.807) is 36.7 Å². The first-order chi connectivity index (χ1) is 11.8. The molecule has 1 aromatic heterocycles. The van der Waals surface area contributed by atoms with Crippen molar-refractivity contribution < 1.29 is 9.84 Å². The lowest BCUT2D eigenvalue weighted by Crippen LogP contribution is -2.35. The van der Waals surface area contributed by atoms with Gasteiger partial charge in [-0.25, -0.2) is 9.97 Å². The van der Waals surface area contributed by atoms with Gasteiger partial charge in [0.05, 0.1) is 17.7 Å². The number of nitriles is 1. The van der Waals surface area contributed by atoms with Gasteiger partial charge in [-0.1, -0.05) is 0 Å². The first-order valence-electron chi connectivity index (χ1n) is 8.08. The van der Waals surface area contributed by atoms with Gasteiger partial charge in [0, 0.05) is 18.9 Å². The van der Waals surface area contributed by atoms with E-state index in [1.807, 2.05) is 6.07 Å². The highest BCUT2D eigenvalue weighted by Crippen LogP contribution is 2.29. The summed E-state index contributed by atoms with van der Waals surface area (Å²) in [6.07, 6.45) is 5.00. The number of aliphatic hydroxyl groups is 1. The third kappa shape index (κ3) is 4.07. The number of ether oxygens (including phenoxy) is 1. The molecule has 2 aromatic rings. The average molecular weight is 324 g/mol. The van der Waals surface area contributed by atoms with Gasteiger partial charge in [0.2, 0.25) is 0 Å². The lowest BCUT2D eigenvalue weighted by atomic mass is 10.2. The molecule has 3 rings (SSSR count). The largest absolute Gasteiger partial charge is 0.491 e. The molecule has 1 saturated heterocycles. The van der Waals surface area contributed by atoms with Crippen LogP contribution in [0, 0.1) is 11.3 Å². The first kappa shape index (κ1) is 16.4. The molecule has 0 spiro atoms. The van der Waals surface area contributed by atoms with Crippen molar-refractivity contribution in [1.82, 2.24) is 14.9 Å². The summed E-state index contributed by atoms with van der Waals surface area (Å²) in [5.74, 6) is 1.47. The highest BCUT2D eigenvalue weighted by molar-refractivity contribution is 5.34. The van der Waals surface area contributed by atoms with Crippen LogP contribution in [0.25, 0.3) is 0 Å². The average Bonchev–Trinajstić information content (AvgIpc) is 3.09. The summed E-state index contributed by atoms with van der Waals surface area (Å²) < 4.78 is 5.60. The zero-order valence-electron chi connectivity index (χ0n) is 13.4. The molecule has 1 aliphatic rings. The number of benzene rings is 1. The van der Waals surface area contributed by atoms with Gasteiger partial charge in [0.1, 0.15) is 24.3 Å². The van der Waals surface area contributed by atoms with E-state index in [2.05, 4.69) is 20.9 Å². The molecule has 24 heavy (non-hydrogen) atoms. The number of hydrogen-bond donors (Lipinski definition) is 1. The van der Waals surface area contributed by atoms with Crippen molar-refractivity contribution in [2.24, 2.45) is 0 Å². The molecule has 1 aromatic carbocycles. The second-order valence-electron chi connectivity index (χ2n) is 5.86. The van der Waals surface area contributed by atoms with Gasteiger partial charge in [0.15, 0.2) is 0 Å². The van der Waals surface area contributed by atoms with Gasteiger partial charge >= 0.3 is 0 Å². The number of hydrogen-bond acceptors (Lipinski definition) is 6. The number of aliphatic hydroxyl groups excluding tert-OH is 1. The van der Waals surface area contributed by atoms with Crippen LogP contribution in [-0.2, 0) is 0 Å². The maximum atomic E-state index is 10.3. The molecule has 0 amide bonds. The van der Waals surface area contributed by atoms with Gasteiger partial charge in [-0.2, -0.15) is 5.26 Å². The number of nitrogens with zero attached hydrogens (tertiary/aromatic N) is 4. The van der Waals surface area contributed by atoms with Crippen molar-refractivity contribution in [1.29, 1.82) is 5.26 Å². The molecular formula is C18H20N4O2.